The topological polar surface area (TPSA) is 107 Å². The van der Waals surface area contributed by atoms with Gasteiger partial charge in [-0.1, -0.05) is 31.0 Å². The highest BCUT2D eigenvalue weighted by Gasteiger charge is 2.47. The second-order valence-corrected chi connectivity index (χ2v) is 18.6. The number of fused-ring (bicyclic) bond motifs is 4. The quantitative estimate of drug-likeness (QED) is 0.391. The van der Waals surface area contributed by atoms with Crippen LogP contribution in [-0.4, -0.2) is 97.5 Å². The number of rotatable bonds is 5. The van der Waals surface area contributed by atoms with Gasteiger partial charge in [0, 0.05) is 48.7 Å². The van der Waals surface area contributed by atoms with Crippen molar-refractivity contribution in [3.05, 3.63) is 58.1 Å². The Morgan fingerprint density at radius 2 is 1.85 bits per heavy atom. The number of nitrogens with one attached hydrogen (secondary N) is 1. The van der Waals surface area contributed by atoms with Crippen molar-refractivity contribution in [1.29, 1.82) is 0 Å². The molecule has 6 atom stereocenters. The first kappa shape index (κ1) is 37.9. The largest absolute Gasteiger partial charge is 0.490 e. The number of hydrogen-bond acceptors (Lipinski definition) is 9. The number of carbonyl (C=O) groups is 1. The SMILES string of the molecule is COCC[C@@H]1[C@@H](C)CCC[C@H]([C@H]2OC[C@H](N(C)C)CO2)[C@@H]2CC[C@H]2CN2C[C@@]3(CCCc4cc(Cl)ccc43)COc3ccc(cc32)C(=O)NS1(=O)=O. The van der Waals surface area contributed by atoms with Crippen LogP contribution in [0.15, 0.2) is 36.4 Å². The lowest BCUT2D eigenvalue weighted by Crippen LogP contribution is -2.52. The van der Waals surface area contributed by atoms with E-state index in [4.69, 9.17) is 30.5 Å². The minimum atomic E-state index is -4.02. The number of hydrogen-bond donors (Lipinski definition) is 1. The lowest BCUT2D eigenvalue weighted by Gasteiger charge is -2.49. The van der Waals surface area contributed by atoms with Gasteiger partial charge in [0.05, 0.1) is 36.8 Å². The van der Waals surface area contributed by atoms with E-state index in [9.17, 15) is 13.2 Å². The molecule has 1 saturated heterocycles. The molecule has 1 spiro atoms. The molecule has 1 N–H and O–H groups in total. The van der Waals surface area contributed by atoms with Crippen molar-refractivity contribution in [3.8, 4) is 5.75 Å². The molecule has 1 saturated carbocycles. The summed E-state index contributed by atoms with van der Waals surface area (Å²) in [6.07, 6.45) is 7.64. The van der Waals surface area contributed by atoms with Crippen molar-refractivity contribution in [2.45, 2.75) is 87.7 Å². The molecular weight excluding hydrogens is 702 g/mol. The Morgan fingerprint density at radius 3 is 2.58 bits per heavy atom. The fourth-order valence-corrected chi connectivity index (χ4v) is 11.5. The van der Waals surface area contributed by atoms with Crippen LogP contribution in [0.3, 0.4) is 0 Å². The van der Waals surface area contributed by atoms with E-state index < -0.39 is 21.2 Å². The summed E-state index contributed by atoms with van der Waals surface area (Å²) in [5.41, 5.74) is 3.43. The van der Waals surface area contributed by atoms with Crippen molar-refractivity contribution >= 4 is 33.2 Å². The molecule has 3 heterocycles. The fourth-order valence-electron chi connectivity index (χ4n) is 9.63. The maximum absolute atomic E-state index is 13.9. The average Bonchev–Trinajstić information content (AvgIpc) is 3.25. The third kappa shape index (κ3) is 7.73. The van der Waals surface area contributed by atoms with Crippen LogP contribution in [0.2, 0.25) is 5.02 Å². The lowest BCUT2D eigenvalue weighted by atomic mass is 9.64. The van der Waals surface area contributed by atoms with E-state index in [0.29, 0.717) is 55.8 Å². The zero-order valence-electron chi connectivity index (χ0n) is 31.2. The highest BCUT2D eigenvalue weighted by Crippen LogP contribution is 2.49. The van der Waals surface area contributed by atoms with Crippen molar-refractivity contribution < 1.29 is 32.2 Å². The van der Waals surface area contributed by atoms with Gasteiger partial charge >= 0.3 is 0 Å². The molecule has 2 aliphatic carbocycles. The van der Waals surface area contributed by atoms with Gasteiger partial charge in [-0.15, -0.1) is 0 Å². The van der Waals surface area contributed by atoms with Crippen LogP contribution in [0.1, 0.15) is 79.8 Å². The third-order valence-corrected chi connectivity index (χ3v) is 15.0. The number of nitrogens with zero attached hydrogens (tertiary/aromatic N) is 2. The van der Waals surface area contributed by atoms with E-state index in [-0.39, 0.29) is 36.2 Å². The molecule has 7 rings (SSSR count). The molecule has 2 aromatic rings. The molecule has 2 bridgehead atoms. The Kier molecular flexibility index (Phi) is 11.5. The van der Waals surface area contributed by atoms with Crippen LogP contribution in [0, 0.1) is 23.7 Å². The fraction of sp³-hybridized carbons (Fsp3) is 0.675. The smallest absolute Gasteiger partial charge is 0.264 e. The van der Waals surface area contributed by atoms with Gasteiger partial charge in [0.15, 0.2) is 6.29 Å². The second-order valence-electron chi connectivity index (χ2n) is 16.3. The summed E-state index contributed by atoms with van der Waals surface area (Å²) >= 11 is 6.49. The van der Waals surface area contributed by atoms with Gasteiger partial charge in [0.25, 0.3) is 5.91 Å². The van der Waals surface area contributed by atoms with Crippen molar-refractivity contribution in [2.75, 3.05) is 65.6 Å². The Bertz CT molecular complexity index is 1700. The Balaban J connectivity index is 1.27. The van der Waals surface area contributed by atoms with Crippen LogP contribution in [-0.2, 0) is 36.1 Å². The van der Waals surface area contributed by atoms with E-state index in [1.807, 2.05) is 25.1 Å². The van der Waals surface area contributed by atoms with Crippen LogP contribution in [0.4, 0.5) is 5.69 Å². The van der Waals surface area contributed by atoms with E-state index in [1.165, 1.54) is 11.1 Å². The molecule has 2 fully saturated rings. The highest BCUT2D eigenvalue weighted by molar-refractivity contribution is 7.90. The number of likely N-dealkylation sites (N-methyl/N-ethyl adjacent to an activating group) is 1. The van der Waals surface area contributed by atoms with E-state index in [2.05, 4.69) is 40.7 Å². The maximum Gasteiger partial charge on any atom is 0.264 e. The Hall–Kier alpha value is -2.41. The molecule has 2 aromatic carbocycles. The Labute approximate surface area is 314 Å². The number of carbonyl (C=O) groups excluding carboxylic acids is 1. The average molecular weight is 758 g/mol. The number of amides is 1. The van der Waals surface area contributed by atoms with E-state index in [1.54, 1.807) is 13.2 Å². The zero-order chi connectivity index (χ0) is 36.6. The lowest BCUT2D eigenvalue weighted by molar-refractivity contribution is -0.240. The summed E-state index contributed by atoms with van der Waals surface area (Å²) in [6, 6.07) is 11.9. The molecule has 52 heavy (non-hydrogen) atoms. The number of halogens is 1. The number of aryl methyl sites for hydroxylation is 1. The molecule has 0 unspecified atom stereocenters. The van der Waals surface area contributed by atoms with Gasteiger partial charge in [0.1, 0.15) is 5.75 Å². The monoisotopic (exact) mass is 757 g/mol. The summed E-state index contributed by atoms with van der Waals surface area (Å²) in [7, 11) is 1.68. The van der Waals surface area contributed by atoms with Crippen LogP contribution in [0.5, 0.6) is 5.75 Å². The van der Waals surface area contributed by atoms with Crippen LogP contribution < -0.4 is 14.4 Å². The molecule has 12 heteroatoms. The number of sulfonamides is 1. The van der Waals surface area contributed by atoms with Gasteiger partial charge in [-0.3, -0.25) is 4.79 Å². The normalized spacial score (nSPS) is 33.6. The molecule has 10 nitrogen and oxygen atoms in total. The van der Waals surface area contributed by atoms with Crippen molar-refractivity contribution in [2.24, 2.45) is 23.7 Å². The summed E-state index contributed by atoms with van der Waals surface area (Å²) in [5.74, 6) is 0.896. The van der Waals surface area contributed by atoms with Gasteiger partial charge in [-0.25, -0.2) is 13.1 Å². The number of methoxy groups -OCH3 is 1. The van der Waals surface area contributed by atoms with E-state index in [0.717, 1.165) is 68.7 Å². The number of anilines is 1. The molecule has 0 radical (unpaired) electrons. The predicted octanol–water partition coefficient (Wildman–Crippen LogP) is 6.04. The third-order valence-electron chi connectivity index (χ3n) is 12.8. The summed E-state index contributed by atoms with van der Waals surface area (Å²) in [4.78, 5) is 18.4. The minimum absolute atomic E-state index is 0.183. The number of benzene rings is 2. The van der Waals surface area contributed by atoms with Gasteiger partial charge in [-0.2, -0.15) is 0 Å². The van der Waals surface area contributed by atoms with Crippen LogP contribution in [0.25, 0.3) is 0 Å². The molecule has 286 valence electrons. The number of ether oxygens (including phenoxy) is 4. The van der Waals surface area contributed by atoms with E-state index >= 15 is 0 Å². The zero-order valence-corrected chi connectivity index (χ0v) is 32.7. The van der Waals surface area contributed by atoms with Gasteiger partial charge in [-0.05, 0) is 125 Å². The Morgan fingerprint density at radius 1 is 1.04 bits per heavy atom. The summed E-state index contributed by atoms with van der Waals surface area (Å²) < 4.78 is 55.4. The first-order valence-electron chi connectivity index (χ1n) is 19.2. The second kappa shape index (κ2) is 15.7. The molecule has 0 aromatic heterocycles. The van der Waals surface area contributed by atoms with Crippen molar-refractivity contribution in [1.82, 2.24) is 9.62 Å². The van der Waals surface area contributed by atoms with Gasteiger partial charge in [0.2, 0.25) is 10.0 Å². The standard InChI is InChI=1S/C40H56ClN3O7S/c1-26-7-5-9-33(39-49-22-31(23-50-39)43(2)3)32-13-10-29(32)21-44-24-40(17-6-8-27-19-30(41)12-14-34(27)40)25-51-36-15-11-28(20-35(36)44)38(45)42-52(46,47)37(26)16-18-48-4/h11-12,14-15,19-20,26,29,31-33,37,39H,5-10,13,16-18,21-25H2,1-4H3,(H,42,45)/t26-,29-,31-,32+,33-,37+,39-,40-/m0/s1. The molecule has 5 aliphatic rings. The maximum atomic E-state index is 13.9. The highest BCUT2D eigenvalue weighted by atomic mass is 35.5. The minimum Gasteiger partial charge on any atom is -0.490 e. The summed E-state index contributed by atoms with van der Waals surface area (Å²) in [6.45, 7) is 5.56. The first-order chi connectivity index (χ1) is 25.0. The van der Waals surface area contributed by atoms with Crippen molar-refractivity contribution in [3.63, 3.8) is 0 Å². The molecule has 3 aliphatic heterocycles. The van der Waals surface area contributed by atoms with Crippen LogP contribution >= 0.6 is 11.6 Å². The molecular formula is C40H56ClN3O7S. The van der Waals surface area contributed by atoms with Gasteiger partial charge < -0.3 is 28.7 Å². The predicted molar refractivity (Wildman–Crippen MR) is 203 cm³/mol. The molecule has 1 amide bonds. The first-order valence-corrected chi connectivity index (χ1v) is 21.2. The summed E-state index contributed by atoms with van der Waals surface area (Å²) in [5, 5.41) is -0.0295.